The van der Waals surface area contributed by atoms with E-state index in [0.717, 1.165) is 31.5 Å². The van der Waals surface area contributed by atoms with Crippen LogP contribution in [-0.2, 0) is 10.9 Å². The number of aromatic nitrogens is 2. The number of nitrogens with one attached hydrogen (secondary N) is 1. The molecule has 100 valence electrons. The Morgan fingerprint density at radius 3 is 2.83 bits per heavy atom. The second-order valence-electron chi connectivity index (χ2n) is 4.22. The van der Waals surface area contributed by atoms with Gasteiger partial charge < -0.3 is 10.1 Å². The summed E-state index contributed by atoms with van der Waals surface area (Å²) in [7, 11) is 1.59. The molecule has 1 aromatic rings. The van der Waals surface area contributed by atoms with Crippen LogP contribution in [0.1, 0.15) is 25.0 Å². The number of halogens is 3. The molecule has 0 amide bonds. The van der Waals surface area contributed by atoms with Gasteiger partial charge in [-0.25, -0.2) is 9.97 Å². The van der Waals surface area contributed by atoms with Gasteiger partial charge in [-0.15, -0.1) is 0 Å². The highest BCUT2D eigenvalue weighted by atomic mass is 19.4. The molecule has 2 atom stereocenters. The van der Waals surface area contributed by atoms with E-state index in [-0.39, 0.29) is 18.1 Å². The summed E-state index contributed by atoms with van der Waals surface area (Å²) in [5.74, 6) is -0.00113. The molecule has 1 heterocycles. The molecule has 0 saturated heterocycles. The molecule has 2 rings (SSSR count). The van der Waals surface area contributed by atoms with Crippen LogP contribution in [0.3, 0.4) is 0 Å². The molecule has 1 aliphatic rings. The molecular formula is C11H14F3N3O. The molecule has 1 fully saturated rings. The first-order valence-corrected chi connectivity index (χ1v) is 5.70. The highest BCUT2D eigenvalue weighted by Crippen LogP contribution is 2.28. The van der Waals surface area contributed by atoms with Gasteiger partial charge >= 0.3 is 6.18 Å². The van der Waals surface area contributed by atoms with Gasteiger partial charge in [0, 0.05) is 13.3 Å². The smallest absolute Gasteiger partial charge is 0.379 e. The number of methoxy groups -OCH3 is 1. The molecule has 1 saturated carbocycles. The molecule has 4 nitrogen and oxygen atoms in total. The summed E-state index contributed by atoms with van der Waals surface area (Å²) in [6, 6.07) is 0.826. The first-order valence-electron chi connectivity index (χ1n) is 5.70. The van der Waals surface area contributed by atoms with E-state index in [0.29, 0.717) is 0 Å². The van der Waals surface area contributed by atoms with E-state index in [2.05, 4.69) is 15.3 Å². The van der Waals surface area contributed by atoms with Gasteiger partial charge in [-0.2, -0.15) is 13.2 Å². The predicted octanol–water partition coefficient (Wildman–Crippen LogP) is 2.47. The quantitative estimate of drug-likeness (QED) is 0.908. The summed E-state index contributed by atoms with van der Waals surface area (Å²) in [5.41, 5.74) is -0.938. The lowest BCUT2D eigenvalue weighted by molar-refractivity contribution is -0.141. The Labute approximate surface area is 103 Å². The zero-order valence-electron chi connectivity index (χ0n) is 9.87. The Morgan fingerprint density at radius 2 is 2.17 bits per heavy atom. The Kier molecular flexibility index (Phi) is 3.70. The molecule has 18 heavy (non-hydrogen) atoms. The van der Waals surface area contributed by atoms with Crippen molar-refractivity contribution in [3.8, 4) is 0 Å². The van der Waals surface area contributed by atoms with E-state index in [1.165, 1.54) is 0 Å². The predicted molar refractivity (Wildman–Crippen MR) is 59.1 cm³/mol. The van der Waals surface area contributed by atoms with Crippen molar-refractivity contribution in [3.05, 3.63) is 18.0 Å². The third-order valence-corrected chi connectivity index (χ3v) is 3.02. The highest BCUT2D eigenvalue weighted by molar-refractivity contribution is 5.28. The third-order valence-electron chi connectivity index (χ3n) is 3.02. The Morgan fingerprint density at radius 1 is 1.39 bits per heavy atom. The minimum absolute atomic E-state index is 0.00113. The molecule has 0 aliphatic heterocycles. The van der Waals surface area contributed by atoms with Crippen molar-refractivity contribution in [2.24, 2.45) is 0 Å². The Balaban J connectivity index is 2.10. The molecule has 1 aromatic heterocycles. The average molecular weight is 261 g/mol. The SMILES string of the molecule is COC1CCCC1Nc1nccc(C(F)(F)F)n1. The molecule has 0 bridgehead atoms. The lowest BCUT2D eigenvalue weighted by Crippen LogP contribution is -2.30. The molecule has 7 heteroatoms. The van der Waals surface area contributed by atoms with Gasteiger partial charge in [-0.05, 0) is 25.3 Å². The van der Waals surface area contributed by atoms with Gasteiger partial charge in [0.05, 0.1) is 12.1 Å². The Hall–Kier alpha value is -1.37. The van der Waals surface area contributed by atoms with Gasteiger partial charge in [0.2, 0.25) is 5.95 Å². The second kappa shape index (κ2) is 5.09. The molecule has 0 radical (unpaired) electrons. The number of anilines is 1. The van der Waals surface area contributed by atoms with Crippen molar-refractivity contribution in [2.45, 2.75) is 37.6 Å². The van der Waals surface area contributed by atoms with Crippen LogP contribution in [0.15, 0.2) is 12.3 Å². The highest BCUT2D eigenvalue weighted by Gasteiger charge is 2.33. The lowest BCUT2D eigenvalue weighted by Gasteiger charge is -2.19. The van der Waals surface area contributed by atoms with Crippen molar-refractivity contribution in [2.75, 3.05) is 12.4 Å². The van der Waals surface area contributed by atoms with Crippen LogP contribution in [0.5, 0.6) is 0 Å². The molecule has 0 spiro atoms. The Bertz CT molecular complexity index is 411. The van der Waals surface area contributed by atoms with Crippen LogP contribution >= 0.6 is 0 Å². The summed E-state index contributed by atoms with van der Waals surface area (Å²) in [5, 5.41) is 2.91. The number of alkyl halides is 3. The van der Waals surface area contributed by atoms with E-state index in [1.54, 1.807) is 7.11 Å². The number of ether oxygens (including phenoxy) is 1. The second-order valence-corrected chi connectivity index (χ2v) is 4.22. The standard InChI is InChI=1S/C11H14F3N3O/c1-18-8-4-2-3-7(8)16-10-15-6-5-9(17-10)11(12,13)14/h5-8H,2-4H2,1H3,(H,15,16,17). The van der Waals surface area contributed by atoms with E-state index < -0.39 is 11.9 Å². The largest absolute Gasteiger partial charge is 0.433 e. The summed E-state index contributed by atoms with van der Waals surface area (Å²) in [6.07, 6.45) is -0.617. The van der Waals surface area contributed by atoms with Crippen molar-refractivity contribution in [1.82, 2.24) is 9.97 Å². The van der Waals surface area contributed by atoms with Gasteiger partial charge in [-0.1, -0.05) is 0 Å². The summed E-state index contributed by atoms with van der Waals surface area (Å²) in [6.45, 7) is 0. The topological polar surface area (TPSA) is 47.0 Å². The number of hydrogen-bond donors (Lipinski definition) is 1. The molecule has 1 N–H and O–H groups in total. The van der Waals surface area contributed by atoms with Crippen LogP contribution in [0.2, 0.25) is 0 Å². The maximum absolute atomic E-state index is 12.5. The van der Waals surface area contributed by atoms with Crippen molar-refractivity contribution >= 4 is 5.95 Å². The van der Waals surface area contributed by atoms with Gasteiger partial charge in [0.15, 0.2) is 0 Å². The number of hydrogen-bond acceptors (Lipinski definition) is 4. The van der Waals surface area contributed by atoms with Gasteiger partial charge in [0.1, 0.15) is 5.69 Å². The first kappa shape index (κ1) is 13.1. The van der Waals surface area contributed by atoms with E-state index in [1.807, 2.05) is 0 Å². The van der Waals surface area contributed by atoms with E-state index >= 15 is 0 Å². The summed E-state index contributed by atoms with van der Waals surface area (Å²) >= 11 is 0. The number of rotatable bonds is 3. The average Bonchev–Trinajstić information content (AvgIpc) is 2.75. The maximum atomic E-state index is 12.5. The first-order chi connectivity index (χ1) is 8.50. The van der Waals surface area contributed by atoms with Crippen LogP contribution < -0.4 is 5.32 Å². The van der Waals surface area contributed by atoms with Crippen LogP contribution in [0, 0.1) is 0 Å². The van der Waals surface area contributed by atoms with Crippen molar-refractivity contribution in [3.63, 3.8) is 0 Å². The van der Waals surface area contributed by atoms with Crippen molar-refractivity contribution in [1.29, 1.82) is 0 Å². The molecule has 0 aromatic carbocycles. The molecule has 1 aliphatic carbocycles. The number of nitrogens with zero attached hydrogens (tertiary/aromatic N) is 2. The monoisotopic (exact) mass is 261 g/mol. The fourth-order valence-electron chi connectivity index (χ4n) is 2.13. The van der Waals surface area contributed by atoms with E-state index in [4.69, 9.17) is 4.74 Å². The lowest BCUT2D eigenvalue weighted by atomic mass is 10.2. The van der Waals surface area contributed by atoms with Gasteiger partial charge in [0.25, 0.3) is 0 Å². The molecule has 2 unspecified atom stereocenters. The summed E-state index contributed by atoms with van der Waals surface area (Å²) in [4.78, 5) is 7.28. The normalized spacial score (nSPS) is 24.2. The zero-order valence-corrected chi connectivity index (χ0v) is 9.87. The minimum Gasteiger partial charge on any atom is -0.379 e. The van der Waals surface area contributed by atoms with Gasteiger partial charge in [-0.3, -0.25) is 0 Å². The zero-order chi connectivity index (χ0) is 13.2. The fraction of sp³-hybridized carbons (Fsp3) is 0.636. The van der Waals surface area contributed by atoms with E-state index in [9.17, 15) is 13.2 Å². The van der Waals surface area contributed by atoms with Crippen LogP contribution in [0.25, 0.3) is 0 Å². The maximum Gasteiger partial charge on any atom is 0.433 e. The summed E-state index contributed by atoms with van der Waals surface area (Å²) < 4.78 is 42.7. The van der Waals surface area contributed by atoms with Crippen LogP contribution in [-0.4, -0.2) is 29.2 Å². The minimum atomic E-state index is -4.45. The fourth-order valence-corrected chi connectivity index (χ4v) is 2.13. The molecular weight excluding hydrogens is 247 g/mol. The van der Waals surface area contributed by atoms with Crippen LogP contribution in [0.4, 0.5) is 19.1 Å². The third kappa shape index (κ3) is 2.90. The van der Waals surface area contributed by atoms with Crippen molar-refractivity contribution < 1.29 is 17.9 Å².